The summed E-state index contributed by atoms with van der Waals surface area (Å²) in [6.45, 7) is 6.20. The van der Waals surface area contributed by atoms with Gasteiger partial charge < -0.3 is 5.32 Å². The maximum atomic E-state index is 13.2. The van der Waals surface area contributed by atoms with E-state index in [-0.39, 0.29) is 11.9 Å². The third-order valence-electron chi connectivity index (χ3n) is 3.72. The van der Waals surface area contributed by atoms with Gasteiger partial charge in [0.15, 0.2) is 0 Å². The minimum atomic E-state index is -0.168. The van der Waals surface area contributed by atoms with Crippen molar-refractivity contribution >= 4 is 0 Å². The van der Waals surface area contributed by atoms with Crippen molar-refractivity contribution in [3.05, 3.63) is 70.0 Å². The van der Waals surface area contributed by atoms with Gasteiger partial charge in [-0.05, 0) is 63.1 Å². The Morgan fingerprint density at radius 3 is 2.20 bits per heavy atom. The fourth-order valence-corrected chi connectivity index (χ4v) is 2.71. The van der Waals surface area contributed by atoms with Crippen molar-refractivity contribution in [1.29, 1.82) is 0 Å². The zero-order valence-corrected chi connectivity index (χ0v) is 12.6. The van der Waals surface area contributed by atoms with Crippen LogP contribution < -0.4 is 5.32 Å². The fraction of sp³-hybridized carbons (Fsp3) is 0.333. The van der Waals surface area contributed by atoms with Crippen molar-refractivity contribution in [3.63, 3.8) is 0 Å². The Balaban J connectivity index is 2.28. The highest BCUT2D eigenvalue weighted by molar-refractivity contribution is 5.33. The second kappa shape index (κ2) is 6.19. The van der Waals surface area contributed by atoms with Gasteiger partial charge in [-0.1, -0.05) is 35.4 Å². The van der Waals surface area contributed by atoms with Crippen LogP contribution in [-0.4, -0.2) is 7.05 Å². The molecule has 20 heavy (non-hydrogen) atoms. The van der Waals surface area contributed by atoms with Crippen LogP contribution in [0.2, 0.25) is 0 Å². The Labute approximate surface area is 120 Å². The van der Waals surface area contributed by atoms with Crippen LogP contribution in [-0.2, 0) is 6.42 Å². The van der Waals surface area contributed by atoms with Crippen molar-refractivity contribution < 1.29 is 4.39 Å². The number of rotatable bonds is 4. The number of halogens is 1. The summed E-state index contributed by atoms with van der Waals surface area (Å²) in [4.78, 5) is 0. The summed E-state index contributed by atoms with van der Waals surface area (Å²) in [5.41, 5.74) is 6.03. The molecule has 0 aliphatic rings. The molecule has 2 rings (SSSR count). The zero-order chi connectivity index (χ0) is 14.7. The maximum Gasteiger partial charge on any atom is 0.123 e. The molecule has 1 N–H and O–H groups in total. The van der Waals surface area contributed by atoms with Gasteiger partial charge in [0.05, 0.1) is 0 Å². The van der Waals surface area contributed by atoms with Crippen LogP contribution in [0.15, 0.2) is 36.4 Å². The van der Waals surface area contributed by atoms with E-state index in [1.54, 1.807) is 6.07 Å². The summed E-state index contributed by atoms with van der Waals surface area (Å²) in [5, 5.41) is 3.37. The zero-order valence-electron chi connectivity index (χ0n) is 12.6. The van der Waals surface area contributed by atoms with Gasteiger partial charge in [-0.3, -0.25) is 0 Å². The van der Waals surface area contributed by atoms with E-state index in [1.165, 1.54) is 28.3 Å². The molecule has 0 bridgehead atoms. The Morgan fingerprint density at radius 1 is 1.00 bits per heavy atom. The van der Waals surface area contributed by atoms with Gasteiger partial charge in [-0.2, -0.15) is 0 Å². The van der Waals surface area contributed by atoms with Gasteiger partial charge in [0.2, 0.25) is 0 Å². The van der Waals surface area contributed by atoms with Crippen LogP contribution >= 0.6 is 0 Å². The molecule has 2 aromatic rings. The van der Waals surface area contributed by atoms with Crippen molar-refractivity contribution in [2.24, 2.45) is 0 Å². The third-order valence-corrected chi connectivity index (χ3v) is 3.72. The predicted octanol–water partition coefficient (Wildman–Crippen LogP) is 4.25. The lowest BCUT2D eigenvalue weighted by atomic mass is 9.94. The molecule has 2 aromatic carbocycles. The summed E-state index contributed by atoms with van der Waals surface area (Å²) in [7, 11) is 1.97. The number of aryl methyl sites for hydroxylation is 3. The standard InChI is InChI=1S/C18H22FN/c1-12-7-13(2)9-16(8-12)18(20-4)11-15-5-6-17(19)10-14(15)3/h5-10,18,20H,11H2,1-4H3. The highest BCUT2D eigenvalue weighted by Crippen LogP contribution is 2.22. The summed E-state index contributed by atoms with van der Waals surface area (Å²) in [5.74, 6) is -0.168. The second-order valence-corrected chi connectivity index (χ2v) is 5.54. The molecule has 0 spiro atoms. The molecule has 0 radical (unpaired) electrons. The third kappa shape index (κ3) is 3.45. The average Bonchev–Trinajstić information content (AvgIpc) is 2.36. The summed E-state index contributed by atoms with van der Waals surface area (Å²) in [6, 6.07) is 11.9. The molecule has 0 aromatic heterocycles. The van der Waals surface area contributed by atoms with Crippen LogP contribution in [0.25, 0.3) is 0 Å². The van der Waals surface area contributed by atoms with Crippen molar-refractivity contribution in [2.75, 3.05) is 7.05 Å². The molecule has 0 amide bonds. The predicted molar refractivity (Wildman–Crippen MR) is 82.6 cm³/mol. The van der Waals surface area contributed by atoms with Crippen LogP contribution in [0.1, 0.15) is 33.9 Å². The summed E-state index contributed by atoms with van der Waals surface area (Å²) in [6.07, 6.45) is 0.867. The number of hydrogen-bond acceptors (Lipinski definition) is 1. The van der Waals surface area contributed by atoms with E-state index in [1.807, 2.05) is 20.0 Å². The molecule has 0 aliphatic heterocycles. The van der Waals surface area contributed by atoms with Gasteiger partial charge in [0.1, 0.15) is 5.82 Å². The van der Waals surface area contributed by atoms with Crippen LogP contribution in [0.5, 0.6) is 0 Å². The molecule has 0 heterocycles. The smallest absolute Gasteiger partial charge is 0.123 e. The first-order chi connectivity index (χ1) is 9.49. The lowest BCUT2D eigenvalue weighted by Gasteiger charge is -2.19. The van der Waals surface area contributed by atoms with Crippen LogP contribution in [0.3, 0.4) is 0 Å². The fourth-order valence-electron chi connectivity index (χ4n) is 2.71. The van der Waals surface area contributed by atoms with Gasteiger partial charge in [-0.15, -0.1) is 0 Å². The molecular formula is C18H22FN. The van der Waals surface area contributed by atoms with Gasteiger partial charge in [0.25, 0.3) is 0 Å². The minimum absolute atomic E-state index is 0.168. The SMILES string of the molecule is CNC(Cc1ccc(F)cc1C)c1cc(C)cc(C)c1. The molecule has 0 fully saturated rings. The molecule has 0 saturated heterocycles. The Bertz CT molecular complexity index is 584. The highest BCUT2D eigenvalue weighted by Gasteiger charge is 2.12. The monoisotopic (exact) mass is 271 g/mol. The first kappa shape index (κ1) is 14.7. The van der Waals surface area contributed by atoms with Gasteiger partial charge >= 0.3 is 0 Å². The second-order valence-electron chi connectivity index (χ2n) is 5.54. The Morgan fingerprint density at radius 2 is 1.65 bits per heavy atom. The Hall–Kier alpha value is -1.67. The van der Waals surface area contributed by atoms with E-state index >= 15 is 0 Å². The number of hydrogen-bond donors (Lipinski definition) is 1. The Kier molecular flexibility index (Phi) is 4.56. The lowest BCUT2D eigenvalue weighted by molar-refractivity contribution is 0.586. The van der Waals surface area contributed by atoms with Crippen molar-refractivity contribution in [2.45, 2.75) is 33.2 Å². The molecular weight excluding hydrogens is 249 g/mol. The van der Waals surface area contributed by atoms with Gasteiger partial charge in [-0.25, -0.2) is 4.39 Å². The van der Waals surface area contributed by atoms with Crippen molar-refractivity contribution in [1.82, 2.24) is 5.32 Å². The van der Waals surface area contributed by atoms with E-state index < -0.39 is 0 Å². The summed E-state index contributed by atoms with van der Waals surface area (Å²) < 4.78 is 13.2. The summed E-state index contributed by atoms with van der Waals surface area (Å²) >= 11 is 0. The van der Waals surface area contributed by atoms with Gasteiger partial charge in [0, 0.05) is 6.04 Å². The molecule has 1 nitrogen and oxygen atoms in total. The van der Waals surface area contributed by atoms with Crippen LogP contribution in [0, 0.1) is 26.6 Å². The average molecular weight is 271 g/mol. The molecule has 1 unspecified atom stereocenters. The molecule has 1 atom stereocenters. The topological polar surface area (TPSA) is 12.0 Å². The van der Waals surface area contributed by atoms with E-state index in [2.05, 4.69) is 37.4 Å². The highest BCUT2D eigenvalue weighted by atomic mass is 19.1. The van der Waals surface area contributed by atoms with Crippen molar-refractivity contribution in [3.8, 4) is 0 Å². The minimum Gasteiger partial charge on any atom is -0.313 e. The number of benzene rings is 2. The first-order valence-corrected chi connectivity index (χ1v) is 7.00. The quantitative estimate of drug-likeness (QED) is 0.876. The van der Waals surface area contributed by atoms with E-state index in [0.717, 1.165) is 12.0 Å². The molecule has 0 saturated carbocycles. The maximum absolute atomic E-state index is 13.2. The normalized spacial score (nSPS) is 12.4. The van der Waals surface area contributed by atoms with Crippen LogP contribution in [0.4, 0.5) is 4.39 Å². The largest absolute Gasteiger partial charge is 0.313 e. The lowest BCUT2D eigenvalue weighted by Crippen LogP contribution is -2.19. The molecule has 2 heteroatoms. The molecule has 0 aliphatic carbocycles. The molecule has 106 valence electrons. The number of likely N-dealkylation sites (N-methyl/N-ethyl adjacent to an activating group) is 1. The van der Waals surface area contributed by atoms with E-state index in [0.29, 0.717) is 0 Å². The number of nitrogens with one attached hydrogen (secondary N) is 1. The van der Waals surface area contributed by atoms with E-state index in [9.17, 15) is 4.39 Å². The van der Waals surface area contributed by atoms with E-state index in [4.69, 9.17) is 0 Å². The first-order valence-electron chi connectivity index (χ1n) is 7.00.